The first kappa shape index (κ1) is 10.6. The van der Waals surface area contributed by atoms with Crippen LogP contribution >= 0.6 is 0 Å². The number of hydrogen-bond acceptors (Lipinski definition) is 1. The van der Waals surface area contributed by atoms with Gasteiger partial charge in [0.05, 0.1) is 0 Å². The molecule has 0 unspecified atom stereocenters. The molecule has 74 valence electrons. The number of nitrogens with one attached hydrogen (secondary N) is 1. The second kappa shape index (κ2) is 5.21. The third-order valence-electron chi connectivity index (χ3n) is 2.55. The Morgan fingerprint density at radius 2 is 1.13 bits per heavy atom. The summed E-state index contributed by atoms with van der Waals surface area (Å²) in [6.07, 6.45) is 0. The molecule has 0 saturated carbocycles. The maximum atomic E-state index is 3.52. The Hall–Kier alpha value is -0.964. The van der Waals surface area contributed by atoms with Crippen molar-refractivity contribution >= 4 is 24.7 Å². The molecule has 0 aliphatic heterocycles. The SMILES string of the molecule is C[NH][Ga]([c]1ccccc1)[c]1ccccc1. The van der Waals surface area contributed by atoms with Crippen molar-refractivity contribution < 1.29 is 0 Å². The Morgan fingerprint density at radius 1 is 0.733 bits per heavy atom. The zero-order valence-electron chi connectivity index (χ0n) is 8.85. The summed E-state index contributed by atoms with van der Waals surface area (Å²) in [6.45, 7) is 0. The molecule has 0 aromatic heterocycles. The Bertz CT molecular complexity index is 360. The van der Waals surface area contributed by atoms with Crippen molar-refractivity contribution in [3.8, 4) is 0 Å². The summed E-state index contributed by atoms with van der Waals surface area (Å²) < 4.78 is 6.49. The van der Waals surface area contributed by atoms with Crippen LogP contribution in [0.2, 0.25) is 0 Å². The van der Waals surface area contributed by atoms with Crippen LogP contribution in [0.25, 0.3) is 0 Å². The van der Waals surface area contributed by atoms with Crippen LogP contribution in [0.5, 0.6) is 0 Å². The summed E-state index contributed by atoms with van der Waals surface area (Å²) in [4.78, 5) is 0. The van der Waals surface area contributed by atoms with Crippen molar-refractivity contribution in [1.82, 2.24) is 4.02 Å². The molecule has 0 saturated heterocycles. The fourth-order valence-electron chi connectivity index (χ4n) is 1.82. The zero-order valence-corrected chi connectivity index (χ0v) is 11.3. The summed E-state index contributed by atoms with van der Waals surface area (Å²) in [5.41, 5.74) is 0. The van der Waals surface area contributed by atoms with Crippen molar-refractivity contribution in [1.29, 1.82) is 0 Å². The molecular weight excluding hydrogens is 240 g/mol. The first-order chi connectivity index (χ1) is 7.42. The summed E-state index contributed by atoms with van der Waals surface area (Å²) >= 11 is -1.69. The van der Waals surface area contributed by atoms with Gasteiger partial charge in [-0.1, -0.05) is 0 Å². The van der Waals surface area contributed by atoms with E-state index in [9.17, 15) is 0 Å². The number of benzene rings is 2. The topological polar surface area (TPSA) is 12.0 Å². The maximum absolute atomic E-state index is 3.52. The number of rotatable bonds is 3. The van der Waals surface area contributed by atoms with Crippen LogP contribution in [0.4, 0.5) is 0 Å². The first-order valence-corrected chi connectivity index (χ1v) is 8.82. The van der Waals surface area contributed by atoms with Gasteiger partial charge in [0.2, 0.25) is 0 Å². The molecule has 0 radical (unpaired) electrons. The molecule has 0 spiro atoms. The van der Waals surface area contributed by atoms with Gasteiger partial charge in [-0.25, -0.2) is 0 Å². The fourth-order valence-corrected chi connectivity index (χ4v) is 6.57. The molecule has 1 N–H and O–H groups in total. The molecule has 2 aromatic rings. The molecule has 2 aromatic carbocycles. The van der Waals surface area contributed by atoms with E-state index in [0.717, 1.165) is 0 Å². The molecule has 0 amide bonds. The Morgan fingerprint density at radius 3 is 1.47 bits per heavy atom. The average Bonchev–Trinajstić information content (AvgIpc) is 2.33. The van der Waals surface area contributed by atoms with Gasteiger partial charge in [-0.2, -0.15) is 0 Å². The summed E-state index contributed by atoms with van der Waals surface area (Å²) in [7, 11) is 2.07. The van der Waals surface area contributed by atoms with Gasteiger partial charge in [-0.3, -0.25) is 0 Å². The first-order valence-electron chi connectivity index (χ1n) is 5.19. The van der Waals surface area contributed by atoms with E-state index in [2.05, 4.69) is 71.7 Å². The van der Waals surface area contributed by atoms with E-state index in [-0.39, 0.29) is 0 Å². The van der Waals surface area contributed by atoms with Crippen LogP contribution in [-0.2, 0) is 0 Å². The second-order valence-electron chi connectivity index (χ2n) is 3.54. The van der Waals surface area contributed by atoms with Gasteiger partial charge in [0.1, 0.15) is 0 Å². The van der Waals surface area contributed by atoms with Crippen LogP contribution in [0, 0.1) is 0 Å². The summed E-state index contributed by atoms with van der Waals surface area (Å²) in [6, 6.07) is 21.5. The van der Waals surface area contributed by atoms with E-state index in [4.69, 9.17) is 0 Å². The van der Waals surface area contributed by atoms with Crippen LogP contribution in [0.3, 0.4) is 0 Å². The molecule has 2 rings (SSSR count). The van der Waals surface area contributed by atoms with Crippen LogP contribution < -0.4 is 12.3 Å². The standard InChI is InChI=1S/2C6H5.CH4N.Ga/c2*1-2-4-6-5-3-1;1-2;/h2*1-5H;2H,1H3;/q;;-1;+1. The van der Waals surface area contributed by atoms with Gasteiger partial charge < -0.3 is 0 Å². The Balaban J connectivity index is 2.34. The molecule has 15 heavy (non-hydrogen) atoms. The van der Waals surface area contributed by atoms with Gasteiger partial charge in [-0.05, 0) is 0 Å². The monoisotopic (exact) mass is 253 g/mol. The van der Waals surface area contributed by atoms with E-state index >= 15 is 0 Å². The van der Waals surface area contributed by atoms with Gasteiger partial charge >= 0.3 is 96.4 Å². The molecule has 1 nitrogen and oxygen atoms in total. The molecule has 0 atom stereocenters. The minimum absolute atomic E-state index is 1.48. The molecule has 0 aliphatic carbocycles. The predicted octanol–water partition coefficient (Wildman–Crippen LogP) is 1.01. The quantitative estimate of drug-likeness (QED) is 0.806. The van der Waals surface area contributed by atoms with E-state index in [1.165, 1.54) is 8.24 Å². The van der Waals surface area contributed by atoms with Gasteiger partial charge in [0.15, 0.2) is 0 Å². The molecule has 0 fully saturated rings. The fraction of sp³-hybridized carbons (Fsp3) is 0.0769. The normalized spacial score (nSPS) is 9.93. The molecule has 0 heterocycles. The van der Waals surface area contributed by atoms with Crippen LogP contribution in [-0.4, -0.2) is 23.5 Å². The van der Waals surface area contributed by atoms with Crippen molar-refractivity contribution in [3.63, 3.8) is 0 Å². The molecule has 0 bridgehead atoms. The molecule has 0 aliphatic rings. The van der Waals surface area contributed by atoms with Gasteiger partial charge in [-0.15, -0.1) is 0 Å². The minimum atomic E-state index is -1.69. The van der Waals surface area contributed by atoms with E-state index < -0.39 is 16.5 Å². The van der Waals surface area contributed by atoms with Crippen LogP contribution in [0.1, 0.15) is 0 Å². The van der Waals surface area contributed by atoms with Crippen molar-refractivity contribution in [2.24, 2.45) is 0 Å². The predicted molar refractivity (Wildman–Crippen MR) is 67.0 cm³/mol. The Labute approximate surface area is 96.4 Å². The number of hydrogen-bond donors (Lipinski definition) is 1. The Kier molecular flexibility index (Phi) is 3.67. The summed E-state index contributed by atoms with van der Waals surface area (Å²) in [5.74, 6) is 0. The van der Waals surface area contributed by atoms with Crippen molar-refractivity contribution in [2.45, 2.75) is 0 Å². The van der Waals surface area contributed by atoms with Gasteiger partial charge in [0.25, 0.3) is 0 Å². The van der Waals surface area contributed by atoms with E-state index in [1.807, 2.05) is 0 Å². The molecular formula is C13H14GaN. The zero-order chi connectivity index (χ0) is 10.5. The summed E-state index contributed by atoms with van der Waals surface area (Å²) in [5, 5.41) is 0. The molecule has 2 heteroatoms. The van der Waals surface area contributed by atoms with Crippen molar-refractivity contribution in [2.75, 3.05) is 7.05 Å². The van der Waals surface area contributed by atoms with Crippen molar-refractivity contribution in [3.05, 3.63) is 60.7 Å². The third-order valence-corrected chi connectivity index (χ3v) is 8.18. The second-order valence-corrected chi connectivity index (χ2v) is 9.37. The third kappa shape index (κ3) is 2.53. The van der Waals surface area contributed by atoms with Crippen LogP contribution in [0.15, 0.2) is 60.7 Å². The van der Waals surface area contributed by atoms with E-state index in [0.29, 0.717) is 0 Å². The average molecular weight is 254 g/mol. The van der Waals surface area contributed by atoms with E-state index in [1.54, 1.807) is 0 Å². The van der Waals surface area contributed by atoms with Gasteiger partial charge in [0, 0.05) is 0 Å².